The fourth-order valence-electron chi connectivity index (χ4n) is 4.70. The molecule has 1 aliphatic rings. The number of fused-ring (bicyclic) bond motifs is 1. The molecule has 5 heteroatoms. The molecule has 0 radical (unpaired) electrons. The molecule has 0 aromatic heterocycles. The van der Waals surface area contributed by atoms with Crippen molar-refractivity contribution in [3.8, 4) is 11.8 Å². The lowest BCUT2D eigenvalue weighted by Gasteiger charge is -2.29. The molecule has 1 aliphatic carbocycles. The van der Waals surface area contributed by atoms with Gasteiger partial charge < -0.3 is 0 Å². The molecular weight excluding hydrogens is 419 g/mol. The minimum absolute atomic E-state index is 0.0943. The zero-order valence-corrected chi connectivity index (χ0v) is 17.8. The third-order valence-electron chi connectivity index (χ3n) is 6.39. The summed E-state index contributed by atoms with van der Waals surface area (Å²) in [5.74, 6) is 0.386. The molecule has 3 aromatic carbocycles. The summed E-state index contributed by atoms with van der Waals surface area (Å²) in [5, 5.41) is 0.513. The van der Waals surface area contributed by atoms with E-state index in [-0.39, 0.29) is 22.4 Å². The summed E-state index contributed by atoms with van der Waals surface area (Å²) in [6, 6.07) is 7.70. The van der Waals surface area contributed by atoms with Crippen molar-refractivity contribution in [1.29, 1.82) is 0 Å². The highest BCUT2D eigenvalue weighted by molar-refractivity contribution is 5.84. The Balaban J connectivity index is 1.61. The molecule has 0 nitrogen and oxygen atoms in total. The summed E-state index contributed by atoms with van der Waals surface area (Å²) < 4.78 is 71.5. The molecule has 0 aliphatic heterocycles. The van der Waals surface area contributed by atoms with Crippen LogP contribution in [0.5, 0.6) is 0 Å². The van der Waals surface area contributed by atoms with Crippen LogP contribution < -0.4 is 0 Å². The van der Waals surface area contributed by atoms with Crippen molar-refractivity contribution >= 4 is 10.8 Å². The first-order chi connectivity index (χ1) is 15.4. The third-order valence-corrected chi connectivity index (χ3v) is 6.39. The van der Waals surface area contributed by atoms with Crippen LogP contribution >= 0.6 is 0 Å². The highest BCUT2D eigenvalue weighted by Gasteiger charge is 2.29. The second-order valence-corrected chi connectivity index (χ2v) is 8.50. The van der Waals surface area contributed by atoms with Gasteiger partial charge in [-0.3, -0.25) is 0 Å². The predicted octanol–water partition coefficient (Wildman–Crippen LogP) is 8.01. The highest BCUT2D eigenvalue weighted by atomic mass is 19.2. The molecule has 0 amide bonds. The van der Waals surface area contributed by atoms with E-state index in [9.17, 15) is 22.0 Å². The van der Waals surface area contributed by atoms with Gasteiger partial charge in [-0.1, -0.05) is 43.7 Å². The van der Waals surface area contributed by atoms with Gasteiger partial charge in [0.25, 0.3) is 0 Å². The summed E-state index contributed by atoms with van der Waals surface area (Å²) in [4.78, 5) is 0. The molecule has 32 heavy (non-hydrogen) atoms. The van der Waals surface area contributed by atoms with Crippen LogP contribution in [-0.4, -0.2) is 0 Å². The topological polar surface area (TPSA) is 0 Å². The fourth-order valence-corrected chi connectivity index (χ4v) is 4.70. The summed E-state index contributed by atoms with van der Waals surface area (Å²) in [6.07, 6.45) is 5.29. The second-order valence-electron chi connectivity index (χ2n) is 8.50. The number of benzene rings is 3. The van der Waals surface area contributed by atoms with Gasteiger partial charge in [0.15, 0.2) is 23.3 Å². The minimum Gasteiger partial charge on any atom is -0.207 e. The molecule has 1 saturated carbocycles. The summed E-state index contributed by atoms with van der Waals surface area (Å²) >= 11 is 0. The van der Waals surface area contributed by atoms with Crippen LogP contribution in [0.4, 0.5) is 22.0 Å². The smallest absolute Gasteiger partial charge is 0.174 e. The largest absolute Gasteiger partial charge is 0.207 e. The van der Waals surface area contributed by atoms with Gasteiger partial charge in [-0.05, 0) is 67.2 Å². The predicted molar refractivity (Wildman–Crippen MR) is 116 cm³/mol. The summed E-state index contributed by atoms with van der Waals surface area (Å²) in [5.41, 5.74) is -0.151. The molecule has 0 N–H and O–H groups in total. The first-order valence-electron chi connectivity index (χ1n) is 11.0. The maximum absolute atomic E-state index is 14.8. The Hall–Kier alpha value is -2.87. The van der Waals surface area contributed by atoms with Crippen molar-refractivity contribution in [2.45, 2.75) is 51.4 Å². The van der Waals surface area contributed by atoms with E-state index >= 15 is 0 Å². The van der Waals surface area contributed by atoms with Crippen LogP contribution in [-0.2, 0) is 0 Å². The van der Waals surface area contributed by atoms with Crippen LogP contribution in [0.25, 0.3) is 10.8 Å². The zero-order valence-electron chi connectivity index (χ0n) is 17.8. The molecule has 4 rings (SSSR count). The Morgan fingerprint density at radius 1 is 0.781 bits per heavy atom. The van der Waals surface area contributed by atoms with Gasteiger partial charge >= 0.3 is 0 Å². The van der Waals surface area contributed by atoms with Crippen molar-refractivity contribution < 1.29 is 22.0 Å². The summed E-state index contributed by atoms with van der Waals surface area (Å²) in [6.45, 7) is 2.12. The van der Waals surface area contributed by atoms with E-state index in [2.05, 4.69) is 18.8 Å². The van der Waals surface area contributed by atoms with Crippen LogP contribution in [0.1, 0.15) is 68.1 Å². The van der Waals surface area contributed by atoms with Gasteiger partial charge in [-0.2, -0.15) is 0 Å². The van der Waals surface area contributed by atoms with E-state index in [0.717, 1.165) is 37.8 Å². The van der Waals surface area contributed by atoms with Gasteiger partial charge in [0.2, 0.25) is 0 Å². The Labute approximate surface area is 184 Å². The van der Waals surface area contributed by atoms with E-state index in [1.165, 1.54) is 24.3 Å². The molecule has 3 aromatic rings. The normalized spacial score (nSPS) is 18.4. The number of rotatable bonds is 3. The molecular formula is C27H23F5. The molecule has 0 saturated heterocycles. The molecule has 0 unspecified atom stereocenters. The van der Waals surface area contributed by atoms with Crippen molar-refractivity contribution in [2.75, 3.05) is 0 Å². The van der Waals surface area contributed by atoms with Gasteiger partial charge in [-0.15, -0.1) is 0 Å². The van der Waals surface area contributed by atoms with E-state index in [4.69, 9.17) is 0 Å². The van der Waals surface area contributed by atoms with Crippen LogP contribution in [0, 0.1) is 46.8 Å². The molecule has 0 bridgehead atoms. The fraction of sp³-hybridized carbons (Fsp3) is 0.333. The molecule has 0 spiro atoms. The lowest BCUT2D eigenvalue weighted by Crippen LogP contribution is -2.16. The van der Waals surface area contributed by atoms with Crippen LogP contribution in [0.3, 0.4) is 0 Å². The van der Waals surface area contributed by atoms with Crippen molar-refractivity contribution in [3.63, 3.8) is 0 Å². The Kier molecular flexibility index (Phi) is 6.50. The molecule has 0 atom stereocenters. The number of hydrogen-bond donors (Lipinski definition) is 0. The Morgan fingerprint density at radius 3 is 2.25 bits per heavy atom. The van der Waals surface area contributed by atoms with Crippen LogP contribution in [0.2, 0.25) is 0 Å². The van der Waals surface area contributed by atoms with Gasteiger partial charge in [0.05, 0.1) is 5.56 Å². The monoisotopic (exact) mass is 442 g/mol. The van der Waals surface area contributed by atoms with E-state index in [0.29, 0.717) is 29.7 Å². The van der Waals surface area contributed by atoms with Crippen molar-refractivity contribution in [1.82, 2.24) is 0 Å². The Morgan fingerprint density at radius 2 is 1.53 bits per heavy atom. The van der Waals surface area contributed by atoms with Gasteiger partial charge in [0.1, 0.15) is 5.82 Å². The first-order valence-corrected chi connectivity index (χ1v) is 11.0. The minimum atomic E-state index is -1.16. The van der Waals surface area contributed by atoms with Crippen LogP contribution in [0.15, 0.2) is 36.4 Å². The molecule has 0 heterocycles. The average Bonchev–Trinajstić information content (AvgIpc) is 2.79. The van der Waals surface area contributed by atoms with E-state index in [1.807, 2.05) is 0 Å². The standard InChI is InChI=1S/C27H23F5/c1-2-3-16-4-8-18(9-5-16)24-23(29)15-20(25(30)27(24)32)10-6-17-7-12-21-19(14-17)11-13-22(28)26(21)31/h7,11-16,18H,2-5,8-9H2,1H3. The third kappa shape index (κ3) is 4.37. The second kappa shape index (κ2) is 9.32. The van der Waals surface area contributed by atoms with E-state index < -0.39 is 29.1 Å². The maximum Gasteiger partial charge on any atom is 0.174 e. The lowest BCUT2D eigenvalue weighted by atomic mass is 9.77. The number of hydrogen-bond acceptors (Lipinski definition) is 0. The zero-order chi connectivity index (χ0) is 22.8. The van der Waals surface area contributed by atoms with Crippen molar-refractivity contribution in [2.24, 2.45) is 5.92 Å². The molecule has 166 valence electrons. The first kappa shape index (κ1) is 22.3. The highest BCUT2D eigenvalue weighted by Crippen LogP contribution is 2.40. The van der Waals surface area contributed by atoms with E-state index in [1.54, 1.807) is 0 Å². The average molecular weight is 442 g/mol. The SMILES string of the molecule is CCCC1CCC(c2c(F)cc(C#Cc3ccc4c(F)c(F)ccc4c3)c(F)c2F)CC1. The van der Waals surface area contributed by atoms with Crippen molar-refractivity contribution in [3.05, 3.63) is 82.2 Å². The lowest BCUT2D eigenvalue weighted by molar-refractivity contribution is 0.298. The maximum atomic E-state index is 14.8. The molecule has 1 fully saturated rings. The quantitative estimate of drug-likeness (QED) is 0.219. The summed E-state index contributed by atoms with van der Waals surface area (Å²) in [7, 11) is 0. The number of halogens is 5. The Bertz CT molecular complexity index is 1210. The van der Waals surface area contributed by atoms with Gasteiger partial charge in [-0.25, -0.2) is 22.0 Å². The van der Waals surface area contributed by atoms with Gasteiger partial charge in [0, 0.05) is 16.5 Å².